The third kappa shape index (κ3) is 4.85. The molecule has 0 bridgehead atoms. The Morgan fingerprint density at radius 3 is 2.95 bits per heavy atom. The van der Waals surface area contributed by atoms with Crippen LogP contribution in [0.2, 0.25) is 0 Å². The maximum Gasteiger partial charge on any atom is 0.317 e. The van der Waals surface area contributed by atoms with Gasteiger partial charge in [0.25, 0.3) is 0 Å². The highest BCUT2D eigenvalue weighted by Crippen LogP contribution is 2.29. The third-order valence-electron chi connectivity index (χ3n) is 4.73. The first-order valence-electron chi connectivity index (χ1n) is 8.53. The minimum absolute atomic E-state index is 0.144. The molecule has 2 atom stereocenters. The van der Waals surface area contributed by atoms with Crippen molar-refractivity contribution in [3.8, 4) is 0 Å². The normalized spacial score (nSPS) is 26.5. The van der Waals surface area contributed by atoms with Crippen LogP contribution in [0.15, 0.2) is 0 Å². The van der Waals surface area contributed by atoms with Crippen LogP contribution in [0, 0.1) is 5.92 Å². The molecule has 2 heterocycles. The number of urea groups is 1. The average molecular weight is 297 g/mol. The van der Waals surface area contributed by atoms with Gasteiger partial charge in [-0.1, -0.05) is 0 Å². The molecular weight excluding hydrogens is 266 g/mol. The molecule has 2 aliphatic rings. The van der Waals surface area contributed by atoms with Crippen molar-refractivity contribution in [2.24, 2.45) is 5.92 Å². The lowest BCUT2D eigenvalue weighted by atomic mass is 9.84. The van der Waals surface area contributed by atoms with E-state index in [0.29, 0.717) is 12.0 Å². The molecule has 21 heavy (non-hydrogen) atoms. The highest BCUT2D eigenvalue weighted by molar-refractivity contribution is 5.74. The summed E-state index contributed by atoms with van der Waals surface area (Å²) >= 11 is 0. The van der Waals surface area contributed by atoms with E-state index in [1.165, 1.54) is 6.42 Å². The first-order valence-corrected chi connectivity index (χ1v) is 8.53. The second kappa shape index (κ2) is 8.59. The summed E-state index contributed by atoms with van der Waals surface area (Å²) in [6, 6.07) is 0.601. The number of carbonyl (C=O) groups is 1. The molecule has 2 amide bonds. The molecule has 0 spiro atoms. The van der Waals surface area contributed by atoms with Gasteiger partial charge >= 0.3 is 6.03 Å². The largest absolute Gasteiger partial charge is 0.382 e. The molecule has 2 fully saturated rings. The fourth-order valence-electron chi connectivity index (χ4n) is 3.61. The number of hydrogen-bond donors (Lipinski definition) is 1. The minimum Gasteiger partial charge on any atom is -0.382 e. The third-order valence-corrected chi connectivity index (χ3v) is 4.73. The summed E-state index contributed by atoms with van der Waals surface area (Å²) in [6.45, 7) is 7.53. The van der Waals surface area contributed by atoms with Gasteiger partial charge in [0.1, 0.15) is 0 Å². The molecular formula is C16H31N3O2. The van der Waals surface area contributed by atoms with Gasteiger partial charge in [-0.3, -0.25) is 0 Å². The number of fused-ring (bicyclic) bond motifs is 1. The lowest BCUT2D eigenvalue weighted by Gasteiger charge is -2.46. The van der Waals surface area contributed by atoms with Gasteiger partial charge in [-0.05, 0) is 58.5 Å². The fourth-order valence-corrected chi connectivity index (χ4v) is 3.61. The summed E-state index contributed by atoms with van der Waals surface area (Å²) in [5.41, 5.74) is 0. The highest BCUT2D eigenvalue weighted by Gasteiger charge is 2.36. The van der Waals surface area contributed by atoms with Crippen LogP contribution in [-0.4, -0.2) is 68.3 Å². The molecule has 0 saturated carbocycles. The highest BCUT2D eigenvalue weighted by atomic mass is 16.5. The van der Waals surface area contributed by atoms with Gasteiger partial charge in [-0.2, -0.15) is 0 Å². The second-order valence-corrected chi connectivity index (χ2v) is 6.35. The molecule has 0 aromatic rings. The molecule has 0 unspecified atom stereocenters. The standard InChI is InChI=1S/C16H31N3O2/c1-3-21-12-5-4-9-17-16(20)19-10-6-7-14-13-18(2)11-8-15(14)19/h14-15H,3-13H2,1-2H3,(H,17,20)/t14-,15+/m1/s1. The van der Waals surface area contributed by atoms with Crippen LogP contribution in [0.5, 0.6) is 0 Å². The molecule has 5 nitrogen and oxygen atoms in total. The van der Waals surface area contributed by atoms with Gasteiger partial charge in [0, 0.05) is 38.9 Å². The molecule has 0 aromatic carbocycles. The molecule has 1 N–H and O–H groups in total. The SMILES string of the molecule is CCOCCCCNC(=O)N1CCC[C@@H]2CN(C)CC[C@@H]21. The van der Waals surface area contributed by atoms with E-state index in [9.17, 15) is 4.79 Å². The van der Waals surface area contributed by atoms with E-state index >= 15 is 0 Å². The molecule has 2 aliphatic heterocycles. The van der Waals surface area contributed by atoms with Gasteiger partial charge in [0.05, 0.1) is 0 Å². The predicted molar refractivity (Wildman–Crippen MR) is 84.5 cm³/mol. The number of amides is 2. The molecule has 0 aliphatic carbocycles. The van der Waals surface area contributed by atoms with E-state index in [4.69, 9.17) is 4.74 Å². The van der Waals surface area contributed by atoms with Crippen LogP contribution in [0.4, 0.5) is 4.79 Å². The van der Waals surface area contributed by atoms with Crippen molar-refractivity contribution in [2.45, 2.75) is 45.1 Å². The number of likely N-dealkylation sites (tertiary alicyclic amines) is 2. The summed E-state index contributed by atoms with van der Waals surface area (Å²) in [7, 11) is 2.19. The maximum atomic E-state index is 12.4. The van der Waals surface area contributed by atoms with E-state index in [-0.39, 0.29) is 6.03 Å². The zero-order valence-electron chi connectivity index (χ0n) is 13.6. The molecule has 2 rings (SSSR count). The Balaban J connectivity index is 1.71. The van der Waals surface area contributed by atoms with Crippen LogP contribution in [0.25, 0.3) is 0 Å². The average Bonchev–Trinajstić information content (AvgIpc) is 2.49. The Bertz CT molecular complexity index is 325. The summed E-state index contributed by atoms with van der Waals surface area (Å²) in [5.74, 6) is 0.668. The Kier molecular flexibility index (Phi) is 6.77. The van der Waals surface area contributed by atoms with Gasteiger partial charge in [0.2, 0.25) is 0 Å². The van der Waals surface area contributed by atoms with Crippen LogP contribution in [0.1, 0.15) is 39.0 Å². The first kappa shape index (κ1) is 16.6. The Morgan fingerprint density at radius 1 is 1.29 bits per heavy atom. The van der Waals surface area contributed by atoms with Crippen LogP contribution in [0.3, 0.4) is 0 Å². The quantitative estimate of drug-likeness (QED) is 0.762. The number of unbranched alkanes of at least 4 members (excludes halogenated alkanes) is 1. The predicted octanol–water partition coefficient (Wildman–Crippen LogP) is 1.93. The van der Waals surface area contributed by atoms with Crippen molar-refractivity contribution >= 4 is 6.03 Å². The van der Waals surface area contributed by atoms with E-state index in [1.807, 2.05) is 6.92 Å². The number of nitrogens with zero attached hydrogens (tertiary/aromatic N) is 2. The van der Waals surface area contributed by atoms with E-state index in [2.05, 4.69) is 22.2 Å². The van der Waals surface area contributed by atoms with Crippen LogP contribution >= 0.6 is 0 Å². The topological polar surface area (TPSA) is 44.8 Å². The zero-order valence-corrected chi connectivity index (χ0v) is 13.6. The molecule has 2 saturated heterocycles. The fraction of sp³-hybridized carbons (Fsp3) is 0.938. The van der Waals surface area contributed by atoms with Crippen molar-refractivity contribution in [1.29, 1.82) is 0 Å². The summed E-state index contributed by atoms with van der Waals surface area (Å²) in [5, 5.41) is 3.09. The van der Waals surface area contributed by atoms with Gasteiger partial charge in [-0.15, -0.1) is 0 Å². The number of rotatable bonds is 6. The Hall–Kier alpha value is -0.810. The van der Waals surface area contributed by atoms with Crippen molar-refractivity contribution in [2.75, 3.05) is 46.4 Å². The second-order valence-electron chi connectivity index (χ2n) is 6.35. The van der Waals surface area contributed by atoms with Crippen LogP contribution < -0.4 is 5.32 Å². The lowest BCUT2D eigenvalue weighted by molar-refractivity contribution is 0.0533. The number of nitrogens with one attached hydrogen (secondary N) is 1. The van der Waals surface area contributed by atoms with Gasteiger partial charge in [-0.25, -0.2) is 4.79 Å². The number of carbonyl (C=O) groups excluding carboxylic acids is 1. The maximum absolute atomic E-state index is 12.4. The van der Waals surface area contributed by atoms with Crippen LogP contribution in [-0.2, 0) is 4.74 Å². The van der Waals surface area contributed by atoms with Crippen molar-refractivity contribution in [3.63, 3.8) is 0 Å². The molecule has 122 valence electrons. The summed E-state index contributed by atoms with van der Waals surface area (Å²) in [6.07, 6.45) is 5.56. The number of hydrogen-bond acceptors (Lipinski definition) is 3. The molecule has 0 radical (unpaired) electrons. The lowest BCUT2D eigenvalue weighted by Crippen LogP contribution is -2.57. The van der Waals surface area contributed by atoms with Crippen molar-refractivity contribution < 1.29 is 9.53 Å². The first-order chi connectivity index (χ1) is 10.2. The van der Waals surface area contributed by atoms with E-state index < -0.39 is 0 Å². The Morgan fingerprint density at radius 2 is 2.14 bits per heavy atom. The summed E-state index contributed by atoms with van der Waals surface area (Å²) in [4.78, 5) is 16.9. The van der Waals surface area contributed by atoms with Crippen molar-refractivity contribution in [3.05, 3.63) is 0 Å². The van der Waals surface area contributed by atoms with Crippen molar-refractivity contribution in [1.82, 2.24) is 15.1 Å². The number of ether oxygens (including phenoxy) is 1. The van der Waals surface area contributed by atoms with Gasteiger partial charge in [0.15, 0.2) is 0 Å². The van der Waals surface area contributed by atoms with E-state index in [1.54, 1.807) is 0 Å². The van der Waals surface area contributed by atoms with Gasteiger partial charge < -0.3 is 19.9 Å². The smallest absolute Gasteiger partial charge is 0.317 e. The monoisotopic (exact) mass is 297 g/mol. The summed E-state index contributed by atoms with van der Waals surface area (Å²) < 4.78 is 5.31. The molecule has 0 aromatic heterocycles. The zero-order chi connectivity index (χ0) is 15.1. The molecule has 5 heteroatoms. The minimum atomic E-state index is 0.144. The number of piperidine rings is 2. The van der Waals surface area contributed by atoms with E-state index in [0.717, 1.165) is 65.1 Å². The Labute approximate surface area is 129 Å².